The van der Waals surface area contributed by atoms with E-state index < -0.39 is 16.9 Å². The third-order valence-corrected chi connectivity index (χ3v) is 3.45. The molecule has 22 heavy (non-hydrogen) atoms. The molecule has 0 saturated heterocycles. The average Bonchev–Trinajstić information content (AvgIpc) is 2.56. The monoisotopic (exact) mass is 322 g/mol. The van der Waals surface area contributed by atoms with Gasteiger partial charge in [-0.1, -0.05) is 44.2 Å². The van der Waals surface area contributed by atoms with E-state index in [2.05, 4.69) is 0 Å². The van der Waals surface area contributed by atoms with Crippen LogP contribution >= 0.6 is 0 Å². The second-order valence-electron chi connectivity index (χ2n) is 3.96. The van der Waals surface area contributed by atoms with Gasteiger partial charge in [0.2, 0.25) is 0 Å². The van der Waals surface area contributed by atoms with Crippen LogP contribution in [0.1, 0.15) is 29.8 Å². The van der Waals surface area contributed by atoms with Crippen LogP contribution < -0.4 is 4.74 Å². The van der Waals surface area contributed by atoms with E-state index in [0.29, 0.717) is 5.56 Å². The zero-order chi connectivity index (χ0) is 16.7. The number of benzene rings is 2. The molecule has 0 saturated carbocycles. The van der Waals surface area contributed by atoms with E-state index in [1.807, 2.05) is 13.8 Å². The normalized spacial score (nSPS) is 11.1. The van der Waals surface area contributed by atoms with Gasteiger partial charge in [0.1, 0.15) is 16.4 Å². The van der Waals surface area contributed by atoms with E-state index >= 15 is 0 Å². The Balaban J connectivity index is 0.00000116. The van der Waals surface area contributed by atoms with Gasteiger partial charge in [0.05, 0.1) is 12.7 Å². The molecule has 0 bridgehead atoms. The van der Waals surface area contributed by atoms with Gasteiger partial charge >= 0.3 is 0 Å². The van der Waals surface area contributed by atoms with E-state index in [1.54, 1.807) is 30.3 Å². The van der Waals surface area contributed by atoms with Crippen molar-refractivity contribution in [2.24, 2.45) is 0 Å². The lowest BCUT2D eigenvalue weighted by Gasteiger charge is -2.10. The van der Waals surface area contributed by atoms with E-state index in [0.717, 1.165) is 6.07 Å². The summed E-state index contributed by atoms with van der Waals surface area (Å²) in [6.45, 7) is 4.00. The van der Waals surface area contributed by atoms with Crippen molar-refractivity contribution in [2.75, 3.05) is 7.11 Å². The topological polar surface area (TPSA) is 83.8 Å². The second kappa shape index (κ2) is 8.31. The highest BCUT2D eigenvalue weighted by atomic mass is 32.2. The summed E-state index contributed by atoms with van der Waals surface area (Å²) in [5.74, 6) is -0.685. The maximum atomic E-state index is 12.3. The van der Waals surface area contributed by atoms with Crippen molar-refractivity contribution in [1.82, 2.24) is 0 Å². The SMILES string of the molecule is CC.COc1cc(O)c(C(=O)c2ccccc2)cc1S(=O)O. The average molecular weight is 322 g/mol. The third-order valence-electron chi connectivity index (χ3n) is 2.75. The summed E-state index contributed by atoms with van der Waals surface area (Å²) < 4.78 is 25.3. The van der Waals surface area contributed by atoms with Gasteiger partial charge in [-0.25, -0.2) is 4.21 Å². The molecule has 118 valence electrons. The van der Waals surface area contributed by atoms with E-state index in [4.69, 9.17) is 4.74 Å². The van der Waals surface area contributed by atoms with Gasteiger partial charge in [0.25, 0.3) is 0 Å². The van der Waals surface area contributed by atoms with Crippen molar-refractivity contribution < 1.29 is 23.4 Å². The van der Waals surface area contributed by atoms with Gasteiger partial charge in [0, 0.05) is 11.6 Å². The second-order valence-corrected chi connectivity index (χ2v) is 4.90. The largest absolute Gasteiger partial charge is 0.507 e. The molecule has 0 aromatic heterocycles. The maximum absolute atomic E-state index is 12.3. The van der Waals surface area contributed by atoms with Crippen LogP contribution in [0.3, 0.4) is 0 Å². The zero-order valence-corrected chi connectivity index (χ0v) is 13.4. The Hall–Kier alpha value is -2.18. The van der Waals surface area contributed by atoms with Crippen LogP contribution in [-0.2, 0) is 11.1 Å². The van der Waals surface area contributed by atoms with Crippen molar-refractivity contribution in [1.29, 1.82) is 0 Å². The molecule has 0 aliphatic heterocycles. The lowest BCUT2D eigenvalue weighted by atomic mass is 10.0. The number of hydrogen-bond acceptors (Lipinski definition) is 4. The highest BCUT2D eigenvalue weighted by Crippen LogP contribution is 2.31. The Bertz CT molecular complexity index is 668. The van der Waals surface area contributed by atoms with Crippen molar-refractivity contribution in [3.05, 3.63) is 53.6 Å². The predicted octanol–water partition coefficient (Wildman–Crippen LogP) is 3.24. The van der Waals surface area contributed by atoms with E-state index in [-0.39, 0.29) is 22.0 Å². The molecular weight excluding hydrogens is 304 g/mol. The number of methoxy groups -OCH3 is 1. The molecule has 5 nitrogen and oxygen atoms in total. The number of carbonyl (C=O) groups is 1. The number of phenols is 1. The minimum Gasteiger partial charge on any atom is -0.507 e. The number of aromatic hydroxyl groups is 1. The molecule has 2 rings (SSSR count). The number of ketones is 1. The molecule has 0 aliphatic rings. The molecule has 0 fully saturated rings. The first kappa shape index (κ1) is 17.9. The molecule has 0 heterocycles. The molecule has 1 atom stereocenters. The smallest absolute Gasteiger partial charge is 0.196 e. The minimum absolute atomic E-state index is 0.0469. The van der Waals surface area contributed by atoms with Crippen LogP contribution in [0.4, 0.5) is 0 Å². The van der Waals surface area contributed by atoms with Crippen LogP contribution in [0, 0.1) is 0 Å². The van der Waals surface area contributed by atoms with E-state index in [1.165, 1.54) is 13.2 Å². The molecular formula is C16H18O5S. The van der Waals surface area contributed by atoms with Crippen molar-refractivity contribution in [3.63, 3.8) is 0 Å². The fourth-order valence-electron chi connectivity index (χ4n) is 1.77. The first-order valence-corrected chi connectivity index (χ1v) is 7.77. The Morgan fingerprint density at radius 3 is 2.23 bits per heavy atom. The molecule has 0 radical (unpaired) electrons. The zero-order valence-electron chi connectivity index (χ0n) is 12.6. The fourth-order valence-corrected chi connectivity index (χ4v) is 2.31. The summed E-state index contributed by atoms with van der Waals surface area (Å²) in [5, 5.41) is 9.88. The fraction of sp³-hybridized carbons (Fsp3) is 0.188. The van der Waals surface area contributed by atoms with Gasteiger partial charge in [0.15, 0.2) is 16.9 Å². The van der Waals surface area contributed by atoms with Crippen molar-refractivity contribution >= 4 is 16.9 Å². The Morgan fingerprint density at radius 2 is 1.73 bits per heavy atom. The quantitative estimate of drug-likeness (QED) is 0.667. The van der Waals surface area contributed by atoms with Crippen LogP contribution in [0.2, 0.25) is 0 Å². The van der Waals surface area contributed by atoms with Crippen LogP contribution in [0.5, 0.6) is 11.5 Å². The molecule has 2 aromatic rings. The molecule has 2 N–H and O–H groups in total. The lowest BCUT2D eigenvalue weighted by Crippen LogP contribution is -2.04. The highest BCUT2D eigenvalue weighted by molar-refractivity contribution is 7.79. The number of carbonyl (C=O) groups excluding carboxylic acids is 1. The van der Waals surface area contributed by atoms with E-state index in [9.17, 15) is 18.7 Å². The minimum atomic E-state index is -2.32. The molecule has 0 spiro atoms. The third kappa shape index (κ3) is 3.93. The van der Waals surface area contributed by atoms with Gasteiger partial charge in [-0.3, -0.25) is 4.79 Å². The number of ether oxygens (including phenoxy) is 1. The lowest BCUT2D eigenvalue weighted by molar-refractivity contribution is 0.103. The van der Waals surface area contributed by atoms with Crippen LogP contribution in [-0.4, -0.2) is 26.8 Å². The Morgan fingerprint density at radius 1 is 1.14 bits per heavy atom. The van der Waals surface area contributed by atoms with Gasteiger partial charge in [-0.05, 0) is 6.07 Å². The van der Waals surface area contributed by atoms with Crippen LogP contribution in [0.25, 0.3) is 0 Å². The Kier molecular flexibility index (Phi) is 6.75. The maximum Gasteiger partial charge on any atom is 0.196 e. The molecule has 0 amide bonds. The summed E-state index contributed by atoms with van der Waals surface area (Å²) in [4.78, 5) is 12.2. The van der Waals surface area contributed by atoms with Crippen LogP contribution in [0.15, 0.2) is 47.4 Å². The summed E-state index contributed by atoms with van der Waals surface area (Å²) in [5.41, 5.74) is 0.331. The molecule has 1 unspecified atom stereocenters. The van der Waals surface area contributed by atoms with Gasteiger partial charge in [-0.2, -0.15) is 0 Å². The van der Waals surface area contributed by atoms with Crippen molar-refractivity contribution in [3.8, 4) is 11.5 Å². The van der Waals surface area contributed by atoms with Gasteiger partial charge in [-0.15, -0.1) is 0 Å². The summed E-state index contributed by atoms with van der Waals surface area (Å²) >= 11 is -2.32. The first-order chi connectivity index (χ1) is 10.5. The summed E-state index contributed by atoms with van der Waals surface area (Å²) in [6, 6.07) is 10.7. The summed E-state index contributed by atoms with van der Waals surface area (Å²) in [6.07, 6.45) is 0. The predicted molar refractivity (Wildman–Crippen MR) is 84.9 cm³/mol. The number of hydrogen-bond donors (Lipinski definition) is 2. The van der Waals surface area contributed by atoms with Crippen molar-refractivity contribution in [2.45, 2.75) is 18.7 Å². The Labute approximate surface area is 131 Å². The molecule has 0 aliphatic carbocycles. The number of rotatable bonds is 4. The van der Waals surface area contributed by atoms with Gasteiger partial charge < -0.3 is 14.4 Å². The molecule has 6 heteroatoms. The first-order valence-electron chi connectivity index (χ1n) is 6.66. The number of phenolic OH excluding ortho intramolecular Hbond substituents is 1. The summed E-state index contributed by atoms with van der Waals surface area (Å²) in [7, 11) is 1.31. The highest BCUT2D eigenvalue weighted by Gasteiger charge is 2.19. The molecule has 2 aromatic carbocycles. The standard InChI is InChI=1S/C14H12O5S.C2H6/c1-19-12-8-11(15)10(7-13(12)20(17)18)14(16)9-5-3-2-4-6-9;1-2/h2-8,15H,1H3,(H,17,18);1-2H3.